The molecule has 1 aromatic rings. The van der Waals surface area contributed by atoms with Crippen molar-refractivity contribution in [2.75, 3.05) is 18.9 Å². The minimum Gasteiger partial charge on any atom is -0.398 e. The predicted octanol–water partition coefficient (Wildman–Crippen LogP) is 1.64. The topological polar surface area (TPSA) is 57.2 Å². The van der Waals surface area contributed by atoms with E-state index in [2.05, 4.69) is 0 Å². The smallest absolute Gasteiger partial charge is 0.250 e. The number of nitrogens with two attached hydrogens (primary N) is 1. The summed E-state index contributed by atoms with van der Waals surface area (Å²) in [6, 6.07) is 3.13. The molecule has 1 aromatic heterocycles. The zero-order chi connectivity index (χ0) is 12.1. The number of hydrogen-bond acceptors (Lipinski definition) is 3. The molecule has 4 heteroatoms. The Bertz CT molecular complexity index is 410. The van der Waals surface area contributed by atoms with Crippen LogP contribution in [-0.4, -0.2) is 17.8 Å². The van der Waals surface area contributed by atoms with Crippen molar-refractivity contribution in [3.63, 3.8) is 0 Å². The van der Waals surface area contributed by atoms with E-state index in [1.54, 1.807) is 16.8 Å². The van der Waals surface area contributed by atoms with E-state index >= 15 is 0 Å². The molecule has 2 rings (SSSR count). The minimum absolute atomic E-state index is 0.00261. The second kappa shape index (κ2) is 5.87. The SMILES string of the molecule is Nc1ccc(=O)n(CCCOCCC2CC2)c1. The summed E-state index contributed by atoms with van der Waals surface area (Å²) in [7, 11) is 0. The molecule has 0 unspecified atom stereocenters. The number of pyridine rings is 1. The van der Waals surface area contributed by atoms with Gasteiger partial charge in [-0.2, -0.15) is 0 Å². The lowest BCUT2D eigenvalue weighted by Gasteiger charge is -2.07. The first-order chi connectivity index (χ1) is 8.25. The number of aryl methyl sites for hydroxylation is 1. The summed E-state index contributed by atoms with van der Waals surface area (Å²) in [6.45, 7) is 2.25. The van der Waals surface area contributed by atoms with Gasteiger partial charge < -0.3 is 15.0 Å². The highest BCUT2D eigenvalue weighted by Gasteiger charge is 2.20. The van der Waals surface area contributed by atoms with Gasteiger partial charge in [-0.3, -0.25) is 4.79 Å². The van der Waals surface area contributed by atoms with Crippen molar-refractivity contribution in [3.8, 4) is 0 Å². The molecular weight excluding hydrogens is 216 g/mol. The fourth-order valence-electron chi connectivity index (χ4n) is 1.82. The van der Waals surface area contributed by atoms with E-state index in [0.29, 0.717) is 18.8 Å². The molecule has 0 saturated heterocycles. The van der Waals surface area contributed by atoms with Gasteiger partial charge in [0.15, 0.2) is 0 Å². The van der Waals surface area contributed by atoms with Crippen LogP contribution in [0, 0.1) is 5.92 Å². The molecule has 1 saturated carbocycles. The molecule has 1 fully saturated rings. The molecule has 94 valence electrons. The zero-order valence-corrected chi connectivity index (χ0v) is 10.1. The largest absolute Gasteiger partial charge is 0.398 e. The van der Waals surface area contributed by atoms with Crippen LogP contribution in [0.2, 0.25) is 0 Å². The van der Waals surface area contributed by atoms with Crippen molar-refractivity contribution in [2.45, 2.75) is 32.2 Å². The molecule has 0 bridgehead atoms. The highest BCUT2D eigenvalue weighted by molar-refractivity contribution is 5.33. The molecule has 1 aliphatic carbocycles. The Labute approximate surface area is 101 Å². The first-order valence-electron chi connectivity index (χ1n) is 6.29. The summed E-state index contributed by atoms with van der Waals surface area (Å²) in [5.41, 5.74) is 6.25. The molecule has 4 nitrogen and oxygen atoms in total. The monoisotopic (exact) mass is 236 g/mol. The van der Waals surface area contributed by atoms with E-state index in [-0.39, 0.29) is 5.56 Å². The average molecular weight is 236 g/mol. The number of anilines is 1. The molecular formula is C13H20N2O2. The minimum atomic E-state index is -0.00261. The number of ether oxygens (including phenoxy) is 1. The summed E-state index contributed by atoms with van der Waals surface area (Å²) in [6.07, 6.45) is 6.49. The van der Waals surface area contributed by atoms with E-state index in [4.69, 9.17) is 10.5 Å². The van der Waals surface area contributed by atoms with Crippen LogP contribution in [0.4, 0.5) is 5.69 Å². The van der Waals surface area contributed by atoms with Gasteiger partial charge in [-0.25, -0.2) is 0 Å². The van der Waals surface area contributed by atoms with Gasteiger partial charge in [-0.05, 0) is 24.8 Å². The van der Waals surface area contributed by atoms with Crippen molar-refractivity contribution in [1.29, 1.82) is 0 Å². The fourth-order valence-corrected chi connectivity index (χ4v) is 1.82. The number of aromatic nitrogens is 1. The van der Waals surface area contributed by atoms with Crippen LogP contribution in [-0.2, 0) is 11.3 Å². The van der Waals surface area contributed by atoms with Gasteiger partial charge >= 0.3 is 0 Å². The van der Waals surface area contributed by atoms with Gasteiger partial charge in [0, 0.05) is 37.7 Å². The molecule has 0 amide bonds. The van der Waals surface area contributed by atoms with Crippen LogP contribution in [0.25, 0.3) is 0 Å². The highest BCUT2D eigenvalue weighted by atomic mass is 16.5. The quantitative estimate of drug-likeness (QED) is 0.732. The molecule has 0 aliphatic heterocycles. The summed E-state index contributed by atoms with van der Waals surface area (Å²) in [5, 5.41) is 0. The Morgan fingerprint density at radius 3 is 2.94 bits per heavy atom. The second-order valence-corrected chi connectivity index (χ2v) is 4.69. The van der Waals surface area contributed by atoms with Gasteiger partial charge in [0.1, 0.15) is 0 Å². The van der Waals surface area contributed by atoms with Gasteiger partial charge in [-0.1, -0.05) is 12.8 Å². The van der Waals surface area contributed by atoms with Crippen LogP contribution in [0.5, 0.6) is 0 Å². The Morgan fingerprint density at radius 2 is 2.18 bits per heavy atom. The van der Waals surface area contributed by atoms with E-state index in [1.807, 2.05) is 0 Å². The van der Waals surface area contributed by atoms with Crippen molar-refractivity contribution >= 4 is 5.69 Å². The van der Waals surface area contributed by atoms with E-state index in [1.165, 1.54) is 25.3 Å². The molecule has 17 heavy (non-hydrogen) atoms. The predicted molar refractivity (Wildman–Crippen MR) is 67.9 cm³/mol. The van der Waals surface area contributed by atoms with Gasteiger partial charge in [0.05, 0.1) is 0 Å². The van der Waals surface area contributed by atoms with Crippen LogP contribution < -0.4 is 11.3 Å². The molecule has 0 atom stereocenters. The Hall–Kier alpha value is -1.29. The second-order valence-electron chi connectivity index (χ2n) is 4.69. The molecule has 1 aliphatic rings. The lowest BCUT2D eigenvalue weighted by atomic mass is 10.3. The van der Waals surface area contributed by atoms with Crippen LogP contribution in [0.15, 0.2) is 23.1 Å². The Balaban J connectivity index is 1.63. The highest BCUT2D eigenvalue weighted by Crippen LogP contribution is 2.32. The lowest BCUT2D eigenvalue weighted by Crippen LogP contribution is -2.19. The molecule has 0 radical (unpaired) electrons. The zero-order valence-electron chi connectivity index (χ0n) is 10.1. The first kappa shape index (κ1) is 12.2. The normalized spacial score (nSPS) is 15.1. The van der Waals surface area contributed by atoms with Gasteiger partial charge in [0.2, 0.25) is 0 Å². The maximum absolute atomic E-state index is 11.5. The van der Waals surface area contributed by atoms with Gasteiger partial charge in [0.25, 0.3) is 5.56 Å². The third-order valence-electron chi connectivity index (χ3n) is 3.06. The van der Waals surface area contributed by atoms with Gasteiger partial charge in [-0.15, -0.1) is 0 Å². The van der Waals surface area contributed by atoms with E-state index < -0.39 is 0 Å². The number of nitrogens with zero attached hydrogens (tertiary/aromatic N) is 1. The summed E-state index contributed by atoms with van der Waals surface area (Å²) in [5.74, 6) is 0.923. The standard InChI is InChI=1S/C13H20N2O2/c14-12-4-5-13(16)15(10-12)7-1-8-17-9-6-11-2-3-11/h4-5,10-11H,1-3,6-9,14H2. The molecule has 1 heterocycles. The Morgan fingerprint density at radius 1 is 1.35 bits per heavy atom. The molecule has 2 N–H and O–H groups in total. The number of rotatable bonds is 7. The van der Waals surface area contributed by atoms with Crippen molar-refractivity contribution in [1.82, 2.24) is 4.57 Å². The first-order valence-corrected chi connectivity index (χ1v) is 6.29. The van der Waals surface area contributed by atoms with Crippen molar-refractivity contribution in [3.05, 3.63) is 28.7 Å². The van der Waals surface area contributed by atoms with Crippen LogP contribution in [0.3, 0.4) is 0 Å². The van der Waals surface area contributed by atoms with Crippen LogP contribution in [0.1, 0.15) is 25.7 Å². The number of hydrogen-bond donors (Lipinski definition) is 1. The van der Waals surface area contributed by atoms with E-state index in [9.17, 15) is 4.79 Å². The average Bonchev–Trinajstić information content (AvgIpc) is 3.11. The van der Waals surface area contributed by atoms with Crippen LogP contribution >= 0.6 is 0 Å². The lowest BCUT2D eigenvalue weighted by molar-refractivity contribution is 0.123. The third-order valence-corrected chi connectivity index (χ3v) is 3.06. The maximum Gasteiger partial charge on any atom is 0.250 e. The summed E-state index contributed by atoms with van der Waals surface area (Å²) >= 11 is 0. The van der Waals surface area contributed by atoms with Crippen molar-refractivity contribution in [2.24, 2.45) is 5.92 Å². The van der Waals surface area contributed by atoms with Crippen molar-refractivity contribution < 1.29 is 4.74 Å². The van der Waals surface area contributed by atoms with E-state index in [0.717, 1.165) is 18.9 Å². The molecule has 0 spiro atoms. The Kier molecular flexibility index (Phi) is 4.20. The summed E-state index contributed by atoms with van der Waals surface area (Å²) < 4.78 is 7.17. The molecule has 0 aromatic carbocycles. The maximum atomic E-state index is 11.5. The number of nitrogen functional groups attached to an aromatic ring is 1. The third kappa shape index (κ3) is 4.23. The summed E-state index contributed by atoms with van der Waals surface area (Å²) in [4.78, 5) is 11.5. The fraction of sp³-hybridized carbons (Fsp3) is 0.615.